The van der Waals surface area contributed by atoms with Gasteiger partial charge in [-0.1, -0.05) is 30.9 Å². The Balaban J connectivity index is 1.73. The Kier molecular flexibility index (Phi) is 4.49. The first-order valence-electron chi connectivity index (χ1n) is 9.07. The number of ether oxygens (including phenoxy) is 1. The molecule has 1 heterocycles. The van der Waals surface area contributed by atoms with Gasteiger partial charge in [0.1, 0.15) is 12.4 Å². The first-order chi connectivity index (χ1) is 12.6. The molecule has 0 bridgehead atoms. The molecule has 4 rings (SSSR count). The lowest BCUT2D eigenvalue weighted by Gasteiger charge is -2.33. The van der Waals surface area contributed by atoms with Crippen LogP contribution in [-0.4, -0.2) is 20.8 Å². The molecule has 0 radical (unpaired) electrons. The van der Waals surface area contributed by atoms with Crippen LogP contribution < -0.4 is 9.46 Å². The zero-order chi connectivity index (χ0) is 18.1. The third-order valence-corrected chi connectivity index (χ3v) is 6.55. The van der Waals surface area contributed by atoms with E-state index in [9.17, 15) is 8.42 Å². The average Bonchev–Trinajstić information content (AvgIpc) is 2.64. The summed E-state index contributed by atoms with van der Waals surface area (Å²) in [6.07, 6.45) is 5.55. The highest BCUT2D eigenvalue weighted by Gasteiger charge is 2.32. The fourth-order valence-electron chi connectivity index (χ4n) is 3.96. The minimum absolute atomic E-state index is 0.236. The second-order valence-electron chi connectivity index (χ2n) is 7.01. The molecule has 0 aromatic heterocycles. The smallest absolute Gasteiger partial charge is 0.232 e. The Morgan fingerprint density at radius 2 is 1.96 bits per heavy atom. The van der Waals surface area contributed by atoms with Crippen LogP contribution in [0.15, 0.2) is 54.8 Å². The van der Waals surface area contributed by atoms with E-state index < -0.39 is 10.0 Å². The molecular formula is C21H23NO3S. The molecule has 4 nitrogen and oxygen atoms in total. The van der Waals surface area contributed by atoms with E-state index >= 15 is 0 Å². The summed E-state index contributed by atoms with van der Waals surface area (Å²) in [6.45, 7) is 4.15. The maximum absolute atomic E-state index is 12.1. The molecule has 1 saturated heterocycles. The lowest BCUT2D eigenvalue weighted by Crippen LogP contribution is -2.38. The lowest BCUT2D eigenvalue weighted by atomic mass is 9.82. The summed E-state index contributed by atoms with van der Waals surface area (Å²) in [5.41, 5.74) is 3.19. The summed E-state index contributed by atoms with van der Waals surface area (Å²) in [4.78, 5) is 0. The van der Waals surface area contributed by atoms with Crippen molar-refractivity contribution in [1.82, 2.24) is 4.72 Å². The Hall–Kier alpha value is -2.27. The number of sulfonamides is 1. The van der Waals surface area contributed by atoms with Crippen LogP contribution in [0.3, 0.4) is 0 Å². The van der Waals surface area contributed by atoms with Crippen molar-refractivity contribution >= 4 is 26.4 Å². The van der Waals surface area contributed by atoms with Gasteiger partial charge in [0.25, 0.3) is 0 Å². The quantitative estimate of drug-likeness (QED) is 0.820. The summed E-state index contributed by atoms with van der Waals surface area (Å²) >= 11 is 0. The Bertz CT molecular complexity index is 991. The molecule has 5 heteroatoms. The van der Waals surface area contributed by atoms with Crippen LogP contribution in [0.5, 0.6) is 5.75 Å². The first-order valence-corrected chi connectivity index (χ1v) is 10.7. The molecule has 1 aliphatic carbocycles. The zero-order valence-corrected chi connectivity index (χ0v) is 15.5. The van der Waals surface area contributed by atoms with Gasteiger partial charge in [-0.25, -0.2) is 8.42 Å². The minimum Gasteiger partial charge on any atom is -0.490 e. The highest BCUT2D eigenvalue weighted by molar-refractivity contribution is 7.89. The molecule has 1 N–H and O–H groups in total. The van der Waals surface area contributed by atoms with Gasteiger partial charge in [-0.15, -0.1) is 0 Å². The van der Waals surface area contributed by atoms with Crippen molar-refractivity contribution in [3.8, 4) is 5.75 Å². The molecule has 136 valence electrons. The van der Waals surface area contributed by atoms with Gasteiger partial charge >= 0.3 is 0 Å². The van der Waals surface area contributed by atoms with Gasteiger partial charge < -0.3 is 4.74 Å². The molecule has 1 aliphatic heterocycles. The predicted molar refractivity (Wildman–Crippen MR) is 105 cm³/mol. The number of hydrogen-bond acceptors (Lipinski definition) is 3. The highest BCUT2D eigenvalue weighted by Crippen LogP contribution is 2.39. The van der Waals surface area contributed by atoms with E-state index in [1.165, 1.54) is 0 Å². The first kappa shape index (κ1) is 17.2. The van der Waals surface area contributed by atoms with Crippen molar-refractivity contribution in [1.29, 1.82) is 0 Å². The molecule has 0 saturated carbocycles. The third kappa shape index (κ3) is 3.36. The number of allylic oxidation sites excluding steroid dienone is 2. The summed E-state index contributed by atoms with van der Waals surface area (Å²) < 4.78 is 32.5. The van der Waals surface area contributed by atoms with Gasteiger partial charge in [-0.3, -0.25) is 4.72 Å². The van der Waals surface area contributed by atoms with E-state index in [1.54, 1.807) is 6.08 Å². The van der Waals surface area contributed by atoms with Gasteiger partial charge in [0, 0.05) is 11.6 Å². The number of benzene rings is 2. The second-order valence-corrected chi connectivity index (χ2v) is 8.86. The SMILES string of the molecule is C=CCOc1ccc2cc(C3=C4NS(=O)(=O)CCC4CCC3)ccc2c1. The normalized spacial score (nSPS) is 21.8. The van der Waals surface area contributed by atoms with Gasteiger partial charge in [0.2, 0.25) is 10.0 Å². The van der Waals surface area contributed by atoms with E-state index in [0.717, 1.165) is 59.0 Å². The van der Waals surface area contributed by atoms with Crippen LogP contribution in [0.25, 0.3) is 16.3 Å². The van der Waals surface area contributed by atoms with Crippen molar-refractivity contribution in [3.63, 3.8) is 0 Å². The number of nitrogens with one attached hydrogen (secondary N) is 1. The average molecular weight is 369 g/mol. The van der Waals surface area contributed by atoms with E-state index in [4.69, 9.17) is 4.74 Å². The van der Waals surface area contributed by atoms with Crippen LogP contribution in [-0.2, 0) is 10.0 Å². The zero-order valence-electron chi connectivity index (χ0n) is 14.7. The maximum Gasteiger partial charge on any atom is 0.232 e. The van der Waals surface area contributed by atoms with E-state index in [0.29, 0.717) is 12.5 Å². The summed E-state index contributed by atoms with van der Waals surface area (Å²) in [6, 6.07) is 12.4. The number of rotatable bonds is 4. The molecule has 0 amide bonds. The van der Waals surface area contributed by atoms with Crippen LogP contribution in [0, 0.1) is 5.92 Å². The topological polar surface area (TPSA) is 55.4 Å². The Morgan fingerprint density at radius 3 is 2.81 bits per heavy atom. The largest absolute Gasteiger partial charge is 0.490 e. The lowest BCUT2D eigenvalue weighted by molar-refractivity contribution is 0.364. The van der Waals surface area contributed by atoms with Crippen LogP contribution in [0.4, 0.5) is 0 Å². The molecule has 1 unspecified atom stereocenters. The fraction of sp³-hybridized carbons (Fsp3) is 0.333. The Labute approximate surface area is 154 Å². The van der Waals surface area contributed by atoms with E-state index in [1.807, 2.05) is 18.2 Å². The molecule has 1 fully saturated rings. The van der Waals surface area contributed by atoms with Crippen LogP contribution in [0.2, 0.25) is 0 Å². The summed E-state index contributed by atoms with van der Waals surface area (Å²) in [5.74, 6) is 1.40. The van der Waals surface area contributed by atoms with Crippen molar-refractivity contribution in [2.24, 2.45) is 5.92 Å². The molecule has 2 aromatic rings. The van der Waals surface area contributed by atoms with Gasteiger partial charge in [0.05, 0.1) is 5.75 Å². The van der Waals surface area contributed by atoms with Crippen molar-refractivity contribution in [2.75, 3.05) is 12.4 Å². The standard InChI is InChI=1S/C21H23NO3S/c1-2-11-25-19-9-8-16-13-18(7-6-17(16)14-19)20-5-3-4-15-10-12-26(23,24)22-21(15)20/h2,6-9,13-15,22H,1,3-5,10-12H2. The van der Waals surface area contributed by atoms with E-state index in [-0.39, 0.29) is 5.75 Å². The monoisotopic (exact) mass is 369 g/mol. The van der Waals surface area contributed by atoms with Crippen LogP contribution in [0.1, 0.15) is 31.2 Å². The fourth-order valence-corrected chi connectivity index (χ4v) is 5.28. The highest BCUT2D eigenvalue weighted by atomic mass is 32.2. The molecule has 0 spiro atoms. The molecule has 2 aliphatic rings. The summed E-state index contributed by atoms with van der Waals surface area (Å²) in [5, 5.41) is 2.24. The second kappa shape index (κ2) is 6.80. The number of hydrogen-bond donors (Lipinski definition) is 1. The molecule has 26 heavy (non-hydrogen) atoms. The van der Waals surface area contributed by atoms with Crippen LogP contribution >= 0.6 is 0 Å². The Morgan fingerprint density at radius 1 is 1.15 bits per heavy atom. The molecular weight excluding hydrogens is 346 g/mol. The van der Waals surface area contributed by atoms with Gasteiger partial charge in [0.15, 0.2) is 0 Å². The van der Waals surface area contributed by atoms with Crippen molar-refractivity contribution < 1.29 is 13.2 Å². The molecule has 2 aromatic carbocycles. The third-order valence-electron chi connectivity index (χ3n) is 5.24. The number of fused-ring (bicyclic) bond motifs is 2. The van der Waals surface area contributed by atoms with Crippen molar-refractivity contribution in [3.05, 3.63) is 60.3 Å². The van der Waals surface area contributed by atoms with E-state index in [2.05, 4.69) is 29.5 Å². The van der Waals surface area contributed by atoms with Gasteiger partial charge in [-0.2, -0.15) is 0 Å². The van der Waals surface area contributed by atoms with Gasteiger partial charge in [-0.05, 0) is 65.8 Å². The molecule has 1 atom stereocenters. The van der Waals surface area contributed by atoms with Crippen molar-refractivity contribution in [2.45, 2.75) is 25.7 Å². The summed E-state index contributed by atoms with van der Waals surface area (Å²) in [7, 11) is -3.18. The predicted octanol–water partition coefficient (Wildman–Crippen LogP) is 4.24. The minimum atomic E-state index is -3.18. The maximum atomic E-state index is 12.1.